The fourth-order valence-electron chi connectivity index (χ4n) is 4.06. The molecule has 4 nitrogen and oxygen atoms in total. The number of benzene rings is 2. The number of carbonyl (C=O) groups is 2. The van der Waals surface area contributed by atoms with E-state index in [1.54, 1.807) is 23.1 Å². The summed E-state index contributed by atoms with van der Waals surface area (Å²) < 4.78 is 1.02. The maximum atomic E-state index is 13.4. The number of amides is 2. The Morgan fingerprint density at radius 2 is 1.76 bits per heavy atom. The molecule has 0 saturated heterocycles. The Bertz CT molecular complexity index is 932. The molecule has 8 heteroatoms. The zero-order chi connectivity index (χ0) is 23.8. The molecule has 0 unspecified atom stereocenters. The zero-order valence-electron chi connectivity index (χ0n) is 18.7. The van der Waals surface area contributed by atoms with Crippen LogP contribution in [0.25, 0.3) is 0 Å². The molecule has 1 atom stereocenters. The minimum atomic E-state index is -0.571. The van der Waals surface area contributed by atoms with E-state index in [2.05, 4.69) is 21.2 Å². The van der Waals surface area contributed by atoms with Gasteiger partial charge in [-0.05, 0) is 49.1 Å². The minimum Gasteiger partial charge on any atom is -0.352 e. The highest BCUT2D eigenvalue weighted by Crippen LogP contribution is 2.28. The molecule has 1 N–H and O–H groups in total. The van der Waals surface area contributed by atoms with Crippen molar-refractivity contribution in [1.29, 1.82) is 0 Å². The van der Waals surface area contributed by atoms with Crippen molar-refractivity contribution in [1.82, 2.24) is 10.2 Å². The molecule has 2 amide bonds. The molecule has 0 aliphatic heterocycles. The molecule has 1 aliphatic rings. The van der Waals surface area contributed by atoms with Crippen LogP contribution < -0.4 is 5.32 Å². The number of nitrogens with one attached hydrogen (secondary N) is 1. The molecular weight excluding hydrogens is 543 g/mol. The Balaban J connectivity index is 1.74. The zero-order valence-corrected chi connectivity index (χ0v) is 22.6. The predicted molar refractivity (Wildman–Crippen MR) is 142 cm³/mol. The summed E-state index contributed by atoms with van der Waals surface area (Å²) in [5, 5.41) is 4.15. The molecule has 0 bridgehead atoms. The Labute approximate surface area is 218 Å². The number of halogens is 3. The van der Waals surface area contributed by atoms with Gasteiger partial charge in [0.05, 0.1) is 5.75 Å². The van der Waals surface area contributed by atoms with Gasteiger partial charge in [0.2, 0.25) is 11.8 Å². The van der Waals surface area contributed by atoms with Crippen molar-refractivity contribution in [3.8, 4) is 0 Å². The maximum Gasteiger partial charge on any atom is 0.243 e. The van der Waals surface area contributed by atoms with E-state index in [1.165, 1.54) is 11.8 Å². The average Bonchev–Trinajstić information content (AvgIpc) is 3.30. The second-order valence-corrected chi connectivity index (χ2v) is 11.0. The summed E-state index contributed by atoms with van der Waals surface area (Å²) in [6.07, 6.45) is 4.77. The Hall–Kier alpha value is -1.21. The third kappa shape index (κ3) is 7.64. The van der Waals surface area contributed by atoms with Crippen LogP contribution in [-0.2, 0) is 21.9 Å². The van der Waals surface area contributed by atoms with E-state index in [9.17, 15) is 9.59 Å². The van der Waals surface area contributed by atoms with Gasteiger partial charge in [-0.1, -0.05) is 77.1 Å². The van der Waals surface area contributed by atoms with Gasteiger partial charge in [-0.15, -0.1) is 11.8 Å². The van der Waals surface area contributed by atoms with Crippen LogP contribution >= 0.6 is 50.9 Å². The van der Waals surface area contributed by atoms with Crippen molar-refractivity contribution in [2.45, 2.75) is 63.4 Å². The molecule has 3 rings (SSSR count). The SMILES string of the molecule is CC[C@@H](C(=O)NC1CCCC1)N(Cc1c(Cl)cccc1Cl)C(=O)CSCc1ccc(Br)cc1. The number of hydrogen-bond acceptors (Lipinski definition) is 3. The van der Waals surface area contributed by atoms with Crippen molar-refractivity contribution >= 4 is 62.7 Å². The van der Waals surface area contributed by atoms with Gasteiger partial charge in [0.15, 0.2) is 0 Å². The number of hydrogen-bond donors (Lipinski definition) is 1. The van der Waals surface area contributed by atoms with Crippen LogP contribution in [0, 0.1) is 0 Å². The summed E-state index contributed by atoms with van der Waals surface area (Å²) in [6.45, 7) is 2.13. The van der Waals surface area contributed by atoms with Gasteiger partial charge in [0, 0.05) is 38.4 Å². The van der Waals surface area contributed by atoms with Gasteiger partial charge in [-0.25, -0.2) is 0 Å². The second kappa shape index (κ2) is 13.0. The number of nitrogens with zero attached hydrogens (tertiary/aromatic N) is 1. The lowest BCUT2D eigenvalue weighted by Gasteiger charge is -2.32. The first-order chi connectivity index (χ1) is 15.9. The van der Waals surface area contributed by atoms with Gasteiger partial charge < -0.3 is 10.2 Å². The molecule has 0 aromatic heterocycles. The topological polar surface area (TPSA) is 49.4 Å². The molecule has 0 heterocycles. The van der Waals surface area contributed by atoms with E-state index in [1.807, 2.05) is 31.2 Å². The predicted octanol–water partition coefficient (Wildman–Crippen LogP) is 6.86. The molecule has 1 saturated carbocycles. The van der Waals surface area contributed by atoms with E-state index < -0.39 is 6.04 Å². The van der Waals surface area contributed by atoms with Crippen LogP contribution in [0.3, 0.4) is 0 Å². The first kappa shape index (κ1) is 26.4. The average molecular weight is 572 g/mol. The summed E-state index contributed by atoms with van der Waals surface area (Å²) in [5.41, 5.74) is 1.81. The van der Waals surface area contributed by atoms with Crippen molar-refractivity contribution in [3.05, 3.63) is 68.1 Å². The van der Waals surface area contributed by atoms with E-state index >= 15 is 0 Å². The number of rotatable bonds is 10. The van der Waals surface area contributed by atoms with E-state index in [-0.39, 0.29) is 30.2 Å². The number of carbonyl (C=O) groups excluding carboxylic acids is 2. The monoisotopic (exact) mass is 570 g/mol. The van der Waals surface area contributed by atoms with Crippen LogP contribution in [0.15, 0.2) is 46.9 Å². The Morgan fingerprint density at radius 3 is 2.36 bits per heavy atom. The molecule has 2 aromatic carbocycles. The fourth-order valence-corrected chi connectivity index (χ4v) is 5.71. The van der Waals surface area contributed by atoms with Gasteiger partial charge in [-0.2, -0.15) is 0 Å². The quantitative estimate of drug-likeness (QED) is 0.339. The van der Waals surface area contributed by atoms with Gasteiger partial charge in [0.25, 0.3) is 0 Å². The lowest BCUT2D eigenvalue weighted by Crippen LogP contribution is -2.51. The van der Waals surface area contributed by atoms with Crippen LogP contribution in [0.5, 0.6) is 0 Å². The largest absolute Gasteiger partial charge is 0.352 e. The normalized spacial score (nSPS) is 14.8. The second-order valence-electron chi connectivity index (χ2n) is 8.26. The van der Waals surface area contributed by atoms with Crippen LogP contribution in [0.2, 0.25) is 10.0 Å². The van der Waals surface area contributed by atoms with Crippen LogP contribution in [0.4, 0.5) is 0 Å². The van der Waals surface area contributed by atoms with Crippen molar-refractivity contribution in [2.24, 2.45) is 0 Å². The molecular formula is C25H29BrCl2N2O2S. The van der Waals surface area contributed by atoms with E-state index in [4.69, 9.17) is 23.2 Å². The first-order valence-corrected chi connectivity index (χ1v) is 13.9. The molecule has 0 spiro atoms. The molecule has 33 heavy (non-hydrogen) atoms. The summed E-state index contributed by atoms with van der Waals surface area (Å²) in [7, 11) is 0. The van der Waals surface area contributed by atoms with Gasteiger partial charge in [0.1, 0.15) is 6.04 Å². The first-order valence-electron chi connectivity index (χ1n) is 11.2. The summed E-state index contributed by atoms with van der Waals surface area (Å²) in [6, 6.07) is 13.0. The highest BCUT2D eigenvalue weighted by molar-refractivity contribution is 9.10. The summed E-state index contributed by atoms with van der Waals surface area (Å²) >= 11 is 17.8. The fraction of sp³-hybridized carbons (Fsp3) is 0.440. The van der Waals surface area contributed by atoms with Crippen molar-refractivity contribution in [2.75, 3.05) is 5.75 Å². The molecule has 0 radical (unpaired) electrons. The van der Waals surface area contributed by atoms with Crippen LogP contribution in [-0.4, -0.2) is 34.6 Å². The lowest BCUT2D eigenvalue weighted by molar-refractivity contribution is -0.139. The highest BCUT2D eigenvalue weighted by Gasteiger charge is 2.31. The molecule has 178 valence electrons. The van der Waals surface area contributed by atoms with Gasteiger partial charge >= 0.3 is 0 Å². The van der Waals surface area contributed by atoms with E-state index in [0.29, 0.717) is 27.8 Å². The van der Waals surface area contributed by atoms with Crippen molar-refractivity contribution < 1.29 is 9.59 Å². The van der Waals surface area contributed by atoms with Gasteiger partial charge in [-0.3, -0.25) is 9.59 Å². The van der Waals surface area contributed by atoms with Crippen molar-refractivity contribution in [3.63, 3.8) is 0 Å². The minimum absolute atomic E-state index is 0.0958. The molecule has 1 aliphatic carbocycles. The maximum absolute atomic E-state index is 13.4. The smallest absolute Gasteiger partial charge is 0.243 e. The highest BCUT2D eigenvalue weighted by atomic mass is 79.9. The Kier molecular flexibility index (Phi) is 10.4. The van der Waals surface area contributed by atoms with Crippen LogP contribution in [0.1, 0.15) is 50.2 Å². The summed E-state index contributed by atoms with van der Waals surface area (Å²) in [5.74, 6) is 0.788. The van der Waals surface area contributed by atoms with E-state index in [0.717, 1.165) is 35.7 Å². The molecule has 1 fully saturated rings. The third-order valence-corrected chi connectivity index (χ3v) is 8.11. The summed E-state index contributed by atoms with van der Waals surface area (Å²) in [4.78, 5) is 28.2. The third-order valence-electron chi connectivity index (χ3n) is 5.89. The molecule has 2 aromatic rings. The Morgan fingerprint density at radius 1 is 1.12 bits per heavy atom. The lowest BCUT2D eigenvalue weighted by atomic mass is 10.1. The standard InChI is InChI=1S/C25H29BrCl2N2O2S/c1-2-23(25(32)29-19-6-3-4-7-19)30(14-20-21(27)8-5-9-22(20)28)24(31)16-33-15-17-10-12-18(26)13-11-17/h5,8-13,19,23H,2-4,6-7,14-16H2,1H3,(H,29,32)/t23-/m0/s1. The number of thioether (sulfide) groups is 1.